The SMILES string of the molecule is CN(C)CCNC(=O)CN1C(=O)CS[C@H]1c1ccc(C(C)(C)C)cc1. The largest absolute Gasteiger partial charge is 0.353 e. The number of thioether (sulfide) groups is 1. The molecule has 1 aliphatic heterocycles. The summed E-state index contributed by atoms with van der Waals surface area (Å²) in [4.78, 5) is 28.1. The van der Waals surface area contributed by atoms with E-state index in [0.29, 0.717) is 12.3 Å². The minimum Gasteiger partial charge on any atom is -0.353 e. The van der Waals surface area contributed by atoms with Crippen LogP contribution in [0.4, 0.5) is 0 Å². The first-order valence-corrected chi connectivity index (χ1v) is 9.66. The number of carbonyl (C=O) groups is 2. The highest BCUT2D eigenvalue weighted by Gasteiger charge is 2.34. The van der Waals surface area contributed by atoms with Gasteiger partial charge in [0.1, 0.15) is 11.9 Å². The lowest BCUT2D eigenvalue weighted by molar-refractivity contribution is -0.133. The molecule has 0 aromatic heterocycles. The van der Waals surface area contributed by atoms with Crippen LogP contribution in [0.25, 0.3) is 0 Å². The molecule has 2 rings (SSSR count). The lowest BCUT2D eigenvalue weighted by atomic mass is 9.87. The zero-order valence-electron chi connectivity index (χ0n) is 15.8. The lowest BCUT2D eigenvalue weighted by Crippen LogP contribution is -2.41. The predicted octanol–water partition coefficient (Wildman–Crippen LogP) is 2.24. The smallest absolute Gasteiger partial charge is 0.239 e. The fraction of sp³-hybridized carbons (Fsp3) is 0.579. The highest BCUT2D eigenvalue weighted by molar-refractivity contribution is 8.00. The average Bonchev–Trinajstić information content (AvgIpc) is 2.87. The number of hydrogen-bond donors (Lipinski definition) is 1. The van der Waals surface area contributed by atoms with Crippen LogP contribution in [-0.2, 0) is 15.0 Å². The Kier molecular flexibility index (Phi) is 6.52. The first-order valence-electron chi connectivity index (χ1n) is 8.61. The molecule has 25 heavy (non-hydrogen) atoms. The molecule has 1 atom stereocenters. The molecule has 1 saturated heterocycles. The summed E-state index contributed by atoms with van der Waals surface area (Å²) < 4.78 is 0. The van der Waals surface area contributed by atoms with Crippen molar-refractivity contribution in [2.45, 2.75) is 31.6 Å². The van der Waals surface area contributed by atoms with Crippen molar-refractivity contribution >= 4 is 23.6 Å². The van der Waals surface area contributed by atoms with Crippen molar-refractivity contribution in [3.05, 3.63) is 35.4 Å². The Hall–Kier alpha value is -1.53. The van der Waals surface area contributed by atoms with Gasteiger partial charge in [0.25, 0.3) is 0 Å². The molecular formula is C19H29N3O2S. The van der Waals surface area contributed by atoms with Crippen molar-refractivity contribution in [1.82, 2.24) is 15.1 Å². The van der Waals surface area contributed by atoms with E-state index in [9.17, 15) is 9.59 Å². The van der Waals surface area contributed by atoms with Crippen molar-refractivity contribution in [1.29, 1.82) is 0 Å². The van der Waals surface area contributed by atoms with Crippen molar-refractivity contribution in [2.75, 3.05) is 39.5 Å². The van der Waals surface area contributed by atoms with Crippen LogP contribution in [0.3, 0.4) is 0 Å². The number of rotatable bonds is 6. The van der Waals surface area contributed by atoms with Crippen molar-refractivity contribution in [2.24, 2.45) is 0 Å². The summed E-state index contributed by atoms with van der Waals surface area (Å²) in [6, 6.07) is 8.39. The third kappa shape index (κ3) is 5.47. The Labute approximate surface area is 155 Å². The predicted molar refractivity (Wildman–Crippen MR) is 104 cm³/mol. The van der Waals surface area contributed by atoms with E-state index in [2.05, 4.69) is 50.4 Å². The van der Waals surface area contributed by atoms with Crippen LogP contribution in [0, 0.1) is 0 Å². The molecule has 0 unspecified atom stereocenters. The summed E-state index contributed by atoms with van der Waals surface area (Å²) in [6.07, 6.45) is 0. The minimum atomic E-state index is -0.103. The molecule has 0 bridgehead atoms. The molecule has 1 aromatic rings. The number of nitrogens with zero attached hydrogens (tertiary/aromatic N) is 2. The van der Waals surface area contributed by atoms with Crippen molar-refractivity contribution in [3.63, 3.8) is 0 Å². The molecule has 1 heterocycles. The van der Waals surface area contributed by atoms with Crippen LogP contribution in [0.5, 0.6) is 0 Å². The van der Waals surface area contributed by atoms with Gasteiger partial charge in [0, 0.05) is 13.1 Å². The number of hydrogen-bond acceptors (Lipinski definition) is 4. The maximum atomic E-state index is 12.2. The zero-order valence-corrected chi connectivity index (χ0v) is 16.7. The van der Waals surface area contributed by atoms with Crippen LogP contribution in [0.15, 0.2) is 24.3 Å². The van der Waals surface area contributed by atoms with Crippen LogP contribution < -0.4 is 5.32 Å². The van der Waals surface area contributed by atoms with E-state index in [1.807, 2.05) is 19.0 Å². The van der Waals surface area contributed by atoms with Gasteiger partial charge in [0.05, 0.1) is 5.75 Å². The second-order valence-electron chi connectivity index (χ2n) is 7.71. The summed E-state index contributed by atoms with van der Waals surface area (Å²) >= 11 is 1.58. The molecule has 138 valence electrons. The Bertz CT molecular complexity index is 608. The van der Waals surface area contributed by atoms with Crippen LogP contribution in [0.2, 0.25) is 0 Å². The summed E-state index contributed by atoms with van der Waals surface area (Å²) in [7, 11) is 3.92. The topological polar surface area (TPSA) is 52.7 Å². The zero-order chi connectivity index (χ0) is 18.6. The summed E-state index contributed by atoms with van der Waals surface area (Å²) in [6.45, 7) is 8.03. The Balaban J connectivity index is 2.02. The maximum absolute atomic E-state index is 12.2. The Morgan fingerprint density at radius 1 is 1.28 bits per heavy atom. The van der Waals surface area contributed by atoms with Gasteiger partial charge in [-0.25, -0.2) is 0 Å². The highest BCUT2D eigenvalue weighted by Crippen LogP contribution is 2.38. The molecule has 5 nitrogen and oxygen atoms in total. The molecule has 0 aliphatic carbocycles. The molecule has 2 amide bonds. The second kappa shape index (κ2) is 8.23. The molecule has 1 aliphatic rings. The van der Waals surface area contributed by atoms with E-state index in [0.717, 1.165) is 12.1 Å². The number of likely N-dealkylation sites (N-methyl/N-ethyl adjacent to an activating group) is 1. The fourth-order valence-corrected chi connectivity index (χ4v) is 3.87. The molecular weight excluding hydrogens is 334 g/mol. The van der Waals surface area contributed by atoms with Crippen molar-refractivity contribution < 1.29 is 9.59 Å². The third-order valence-corrected chi connectivity index (χ3v) is 5.48. The first kappa shape index (κ1) is 19.8. The Morgan fingerprint density at radius 3 is 2.48 bits per heavy atom. The van der Waals surface area contributed by atoms with E-state index in [1.54, 1.807) is 16.7 Å². The van der Waals surface area contributed by atoms with Crippen LogP contribution in [0.1, 0.15) is 37.3 Å². The van der Waals surface area contributed by atoms with Crippen LogP contribution >= 0.6 is 11.8 Å². The number of benzene rings is 1. The van der Waals surface area contributed by atoms with Gasteiger partial charge in [-0.2, -0.15) is 0 Å². The molecule has 1 aromatic carbocycles. The number of carbonyl (C=O) groups excluding carboxylic acids is 2. The van der Waals surface area contributed by atoms with Gasteiger partial charge in [-0.15, -0.1) is 11.8 Å². The molecule has 1 fully saturated rings. The summed E-state index contributed by atoms with van der Waals surface area (Å²) in [5.41, 5.74) is 2.44. The summed E-state index contributed by atoms with van der Waals surface area (Å²) in [5.74, 6) is 0.350. The average molecular weight is 364 g/mol. The normalized spacial score (nSPS) is 18.1. The van der Waals surface area contributed by atoms with E-state index in [4.69, 9.17) is 0 Å². The quantitative estimate of drug-likeness (QED) is 0.842. The second-order valence-corrected chi connectivity index (χ2v) is 8.78. The molecule has 1 N–H and O–H groups in total. The first-order chi connectivity index (χ1) is 11.7. The maximum Gasteiger partial charge on any atom is 0.239 e. The highest BCUT2D eigenvalue weighted by atomic mass is 32.2. The van der Waals surface area contributed by atoms with Gasteiger partial charge in [-0.1, -0.05) is 45.0 Å². The van der Waals surface area contributed by atoms with Gasteiger partial charge < -0.3 is 15.1 Å². The van der Waals surface area contributed by atoms with Gasteiger partial charge >= 0.3 is 0 Å². The molecule has 0 spiro atoms. The molecule has 0 saturated carbocycles. The standard InChI is InChI=1S/C19H29N3O2S/c1-19(2,3)15-8-6-14(7-9-15)18-22(17(24)13-25-18)12-16(23)20-10-11-21(4)5/h6-9,18H,10-13H2,1-5H3,(H,20,23)/t18-/m0/s1. The summed E-state index contributed by atoms with van der Waals surface area (Å²) in [5, 5.41) is 2.80. The number of amides is 2. The Morgan fingerprint density at radius 2 is 1.92 bits per heavy atom. The van der Waals surface area contributed by atoms with E-state index >= 15 is 0 Å². The van der Waals surface area contributed by atoms with Gasteiger partial charge in [-0.3, -0.25) is 9.59 Å². The van der Waals surface area contributed by atoms with Gasteiger partial charge in [0.15, 0.2) is 0 Å². The van der Waals surface area contributed by atoms with Gasteiger partial charge in [-0.05, 0) is 30.6 Å². The van der Waals surface area contributed by atoms with E-state index in [1.165, 1.54) is 5.56 Å². The van der Waals surface area contributed by atoms with E-state index in [-0.39, 0.29) is 29.1 Å². The van der Waals surface area contributed by atoms with Gasteiger partial charge in [0.2, 0.25) is 11.8 Å². The molecule has 6 heteroatoms. The number of nitrogens with one attached hydrogen (secondary N) is 1. The molecule has 0 radical (unpaired) electrons. The van der Waals surface area contributed by atoms with E-state index < -0.39 is 0 Å². The fourth-order valence-electron chi connectivity index (χ4n) is 2.68. The monoisotopic (exact) mass is 363 g/mol. The van der Waals surface area contributed by atoms with Crippen molar-refractivity contribution in [3.8, 4) is 0 Å². The lowest BCUT2D eigenvalue weighted by Gasteiger charge is -2.25. The minimum absolute atomic E-state index is 0.0256. The van der Waals surface area contributed by atoms with Crippen LogP contribution in [-0.4, -0.2) is 61.1 Å². The third-order valence-electron chi connectivity index (χ3n) is 4.23.